The highest BCUT2D eigenvalue weighted by Gasteiger charge is 2.40. The predicted octanol–water partition coefficient (Wildman–Crippen LogP) is 4.68. The zero-order valence-electron chi connectivity index (χ0n) is 18.4. The number of carbonyl (C=O) groups is 2. The van der Waals surface area contributed by atoms with Crippen LogP contribution in [0.3, 0.4) is 0 Å². The molecule has 0 bridgehead atoms. The Bertz CT molecular complexity index is 1220. The highest BCUT2D eigenvalue weighted by Crippen LogP contribution is 2.36. The van der Waals surface area contributed by atoms with Crippen LogP contribution in [0.1, 0.15) is 35.8 Å². The molecule has 1 amide bonds. The van der Waals surface area contributed by atoms with Crippen molar-refractivity contribution in [3.05, 3.63) is 59.8 Å². The quantitative estimate of drug-likeness (QED) is 0.543. The smallest absolute Gasteiger partial charge is 0.437 e. The van der Waals surface area contributed by atoms with Gasteiger partial charge in [0, 0.05) is 18.8 Å². The number of benzene rings is 2. The summed E-state index contributed by atoms with van der Waals surface area (Å²) >= 11 is 0. The summed E-state index contributed by atoms with van der Waals surface area (Å²) in [7, 11) is 0. The lowest BCUT2D eigenvalue weighted by atomic mass is 9.96. The van der Waals surface area contributed by atoms with Gasteiger partial charge in [-0.05, 0) is 50.1 Å². The second-order valence-electron chi connectivity index (χ2n) is 7.96. The molecule has 34 heavy (non-hydrogen) atoms. The number of alkyl halides is 3. The molecule has 0 aliphatic carbocycles. The topological polar surface area (TPSA) is 84.4 Å². The summed E-state index contributed by atoms with van der Waals surface area (Å²) in [5.41, 5.74) is 0.161. The number of anilines is 2. The minimum atomic E-state index is -4.69. The lowest BCUT2D eigenvalue weighted by molar-refractivity contribution is -0.140. The number of hydrogen-bond donors (Lipinski definition) is 1. The highest BCUT2D eigenvalue weighted by atomic mass is 19.4. The SMILES string of the molecule is CCOC(=O)c1cccc(NC(=O)[C@H]2CCCN(c3nc4ccccc4nc3C(F)(F)F)C2)c1. The van der Waals surface area contributed by atoms with Crippen molar-refractivity contribution in [1.29, 1.82) is 0 Å². The average molecular weight is 472 g/mol. The van der Waals surface area contributed by atoms with Gasteiger partial charge in [0.25, 0.3) is 0 Å². The number of hydrogen-bond acceptors (Lipinski definition) is 6. The van der Waals surface area contributed by atoms with E-state index >= 15 is 0 Å². The van der Waals surface area contributed by atoms with Gasteiger partial charge in [0.1, 0.15) is 0 Å². The number of aromatic nitrogens is 2. The van der Waals surface area contributed by atoms with Gasteiger partial charge < -0.3 is 15.0 Å². The molecule has 1 aliphatic rings. The fourth-order valence-electron chi connectivity index (χ4n) is 3.97. The Kier molecular flexibility index (Phi) is 6.67. The molecular formula is C24H23F3N4O3. The molecule has 10 heteroatoms. The van der Waals surface area contributed by atoms with Gasteiger partial charge in [-0.1, -0.05) is 18.2 Å². The van der Waals surface area contributed by atoms with Crippen molar-refractivity contribution in [2.24, 2.45) is 5.92 Å². The molecule has 2 heterocycles. The maximum absolute atomic E-state index is 13.8. The van der Waals surface area contributed by atoms with Crippen LogP contribution in [0.2, 0.25) is 0 Å². The van der Waals surface area contributed by atoms with Gasteiger partial charge in [-0.2, -0.15) is 13.2 Å². The zero-order chi connectivity index (χ0) is 24.3. The lowest BCUT2D eigenvalue weighted by Crippen LogP contribution is -2.42. The molecule has 1 saturated heterocycles. The first-order valence-electron chi connectivity index (χ1n) is 10.9. The molecule has 4 rings (SSSR count). The van der Waals surface area contributed by atoms with Crippen LogP contribution in [0.25, 0.3) is 11.0 Å². The Labute approximate surface area is 193 Å². The number of amides is 1. The standard InChI is InChI=1S/C24H23F3N4O3/c1-2-34-23(33)15-7-5-9-17(13-15)28-22(32)16-8-6-12-31(14-16)21-20(24(25,26)27)29-18-10-3-4-11-19(18)30-21/h3-5,7,9-11,13,16H,2,6,8,12,14H2,1H3,(H,28,32)/t16-/m0/s1. The summed E-state index contributed by atoms with van der Waals surface area (Å²) in [6.07, 6.45) is -3.65. The summed E-state index contributed by atoms with van der Waals surface area (Å²) in [6, 6.07) is 12.7. The Morgan fingerprint density at radius 1 is 1.12 bits per heavy atom. The van der Waals surface area contributed by atoms with Crippen molar-refractivity contribution in [3.8, 4) is 0 Å². The van der Waals surface area contributed by atoms with Gasteiger partial charge in [-0.25, -0.2) is 14.8 Å². The van der Waals surface area contributed by atoms with E-state index in [-0.39, 0.29) is 30.4 Å². The monoisotopic (exact) mass is 472 g/mol. The molecule has 1 atom stereocenters. The predicted molar refractivity (Wildman–Crippen MR) is 121 cm³/mol. The number of nitrogens with one attached hydrogen (secondary N) is 1. The number of esters is 1. The van der Waals surface area contributed by atoms with Gasteiger partial charge in [0.2, 0.25) is 5.91 Å². The van der Waals surface area contributed by atoms with E-state index in [4.69, 9.17) is 4.74 Å². The Morgan fingerprint density at radius 2 is 1.85 bits per heavy atom. The Morgan fingerprint density at radius 3 is 2.56 bits per heavy atom. The second-order valence-corrected chi connectivity index (χ2v) is 7.96. The van der Waals surface area contributed by atoms with Gasteiger partial charge in [0.05, 0.1) is 29.1 Å². The highest BCUT2D eigenvalue weighted by molar-refractivity contribution is 5.95. The molecule has 7 nitrogen and oxygen atoms in total. The third kappa shape index (κ3) is 5.11. The summed E-state index contributed by atoms with van der Waals surface area (Å²) < 4.78 is 46.3. The van der Waals surface area contributed by atoms with E-state index in [1.54, 1.807) is 43.3 Å². The van der Waals surface area contributed by atoms with E-state index in [2.05, 4.69) is 15.3 Å². The fraction of sp³-hybridized carbons (Fsp3) is 0.333. The first kappa shape index (κ1) is 23.5. The lowest BCUT2D eigenvalue weighted by Gasteiger charge is -2.34. The van der Waals surface area contributed by atoms with Crippen LogP contribution < -0.4 is 10.2 Å². The summed E-state index contributed by atoms with van der Waals surface area (Å²) in [4.78, 5) is 34.4. The number of nitrogens with zero attached hydrogens (tertiary/aromatic N) is 3. The van der Waals surface area contributed by atoms with E-state index < -0.39 is 23.8 Å². The minimum Gasteiger partial charge on any atom is -0.462 e. The van der Waals surface area contributed by atoms with E-state index in [1.807, 2.05) is 0 Å². The van der Waals surface area contributed by atoms with Crippen LogP contribution >= 0.6 is 0 Å². The third-order valence-electron chi connectivity index (χ3n) is 5.55. The number of piperidine rings is 1. The molecule has 1 aromatic heterocycles. The van der Waals surface area contributed by atoms with Crippen LogP contribution in [0.15, 0.2) is 48.5 Å². The second kappa shape index (κ2) is 9.66. The van der Waals surface area contributed by atoms with E-state index in [1.165, 1.54) is 17.0 Å². The van der Waals surface area contributed by atoms with Crippen LogP contribution in [0.4, 0.5) is 24.7 Å². The zero-order valence-corrected chi connectivity index (χ0v) is 18.4. The largest absolute Gasteiger partial charge is 0.462 e. The molecule has 1 fully saturated rings. The van der Waals surface area contributed by atoms with Gasteiger partial charge in [-0.15, -0.1) is 0 Å². The molecular weight excluding hydrogens is 449 g/mol. The van der Waals surface area contributed by atoms with Crippen LogP contribution in [0.5, 0.6) is 0 Å². The first-order valence-corrected chi connectivity index (χ1v) is 10.9. The number of para-hydroxylation sites is 2. The maximum atomic E-state index is 13.8. The van der Waals surface area contributed by atoms with E-state index in [0.717, 1.165) is 0 Å². The normalized spacial score (nSPS) is 16.4. The Balaban J connectivity index is 1.55. The summed E-state index contributed by atoms with van der Waals surface area (Å²) in [6.45, 7) is 2.32. The fourth-order valence-corrected chi connectivity index (χ4v) is 3.97. The van der Waals surface area contributed by atoms with Crippen LogP contribution in [-0.2, 0) is 15.7 Å². The molecule has 1 aliphatic heterocycles. The molecule has 0 spiro atoms. The first-order chi connectivity index (χ1) is 16.3. The van der Waals surface area contributed by atoms with E-state index in [0.29, 0.717) is 36.2 Å². The molecule has 3 aromatic rings. The molecule has 0 unspecified atom stereocenters. The molecule has 178 valence electrons. The number of fused-ring (bicyclic) bond motifs is 1. The average Bonchev–Trinajstić information content (AvgIpc) is 2.83. The number of halogens is 3. The molecule has 2 aromatic carbocycles. The van der Waals surface area contributed by atoms with E-state index in [9.17, 15) is 22.8 Å². The maximum Gasteiger partial charge on any atom is 0.437 e. The van der Waals surface area contributed by atoms with Crippen LogP contribution in [0, 0.1) is 5.92 Å². The van der Waals surface area contributed by atoms with Crippen molar-refractivity contribution in [2.75, 3.05) is 29.9 Å². The van der Waals surface area contributed by atoms with Gasteiger partial charge in [0.15, 0.2) is 11.5 Å². The summed E-state index contributed by atoms with van der Waals surface area (Å²) in [5.74, 6) is -1.67. The molecule has 0 radical (unpaired) electrons. The number of carbonyl (C=O) groups excluding carboxylic acids is 2. The van der Waals surface area contributed by atoms with Gasteiger partial charge >= 0.3 is 12.1 Å². The van der Waals surface area contributed by atoms with Crippen molar-refractivity contribution in [3.63, 3.8) is 0 Å². The third-order valence-corrected chi connectivity index (χ3v) is 5.55. The molecule has 0 saturated carbocycles. The van der Waals surface area contributed by atoms with Crippen LogP contribution in [-0.4, -0.2) is 41.5 Å². The molecule has 1 N–H and O–H groups in total. The number of rotatable bonds is 5. The summed E-state index contributed by atoms with van der Waals surface area (Å²) in [5, 5.41) is 2.76. The number of ether oxygens (including phenoxy) is 1. The van der Waals surface area contributed by atoms with Gasteiger partial charge in [-0.3, -0.25) is 4.79 Å². The Hall–Kier alpha value is -3.69. The van der Waals surface area contributed by atoms with Crippen molar-refractivity contribution >= 4 is 34.4 Å². The van der Waals surface area contributed by atoms with Crippen molar-refractivity contribution < 1.29 is 27.5 Å². The van der Waals surface area contributed by atoms with Crippen molar-refractivity contribution in [2.45, 2.75) is 25.9 Å². The van der Waals surface area contributed by atoms with Crippen molar-refractivity contribution in [1.82, 2.24) is 9.97 Å². The minimum absolute atomic E-state index is 0.0689.